The number of nitrogens with one attached hydrogen (secondary N) is 1. The molecule has 2 aromatic carbocycles. The maximum atomic E-state index is 13.8. The summed E-state index contributed by atoms with van der Waals surface area (Å²) in [6, 6.07) is 9.11. The smallest absolute Gasteiger partial charge is 0.227 e. The predicted molar refractivity (Wildman–Crippen MR) is 120 cm³/mol. The second kappa shape index (κ2) is 8.79. The first-order chi connectivity index (χ1) is 14.8. The molecule has 3 aromatic rings. The van der Waals surface area contributed by atoms with E-state index in [2.05, 4.69) is 10.3 Å². The highest BCUT2D eigenvalue weighted by molar-refractivity contribution is 6.31. The lowest BCUT2D eigenvalue weighted by Crippen LogP contribution is -2.30. The standard InChI is InChI=1S/C24H24ClF2N3O/c1-13(24(31)30-23-11-19(25)20(27)12-21(23)28)14-2-4-15(5-3-14)17-8-9-29-22-7-6-16(26)10-18(17)22/h6-15H,2-5,28H2,1H3,(H,30,31)/t13-,14?,15?/m1/s1. The molecule has 1 amide bonds. The Morgan fingerprint density at radius 3 is 2.65 bits per heavy atom. The Morgan fingerprint density at radius 1 is 1.16 bits per heavy atom. The van der Waals surface area contributed by atoms with E-state index < -0.39 is 5.82 Å². The van der Waals surface area contributed by atoms with Gasteiger partial charge in [0.05, 0.1) is 21.9 Å². The van der Waals surface area contributed by atoms with Gasteiger partial charge in [0.1, 0.15) is 11.6 Å². The lowest BCUT2D eigenvalue weighted by atomic mass is 9.73. The second-order valence-electron chi connectivity index (χ2n) is 8.30. The average molecular weight is 444 g/mol. The van der Waals surface area contributed by atoms with Crippen molar-refractivity contribution in [3.8, 4) is 0 Å². The normalized spacial score (nSPS) is 19.9. The molecule has 1 aliphatic rings. The minimum atomic E-state index is -0.618. The first-order valence-corrected chi connectivity index (χ1v) is 10.8. The number of benzene rings is 2. The largest absolute Gasteiger partial charge is 0.397 e. The SMILES string of the molecule is C[C@@H](C(=O)Nc1cc(Cl)c(F)cc1N)C1CCC(c2ccnc3ccc(F)cc23)CC1. The Hall–Kier alpha value is -2.73. The van der Waals surface area contributed by atoms with Crippen molar-refractivity contribution in [1.82, 2.24) is 4.98 Å². The van der Waals surface area contributed by atoms with Gasteiger partial charge in [-0.15, -0.1) is 0 Å². The minimum absolute atomic E-state index is 0.0846. The van der Waals surface area contributed by atoms with Crippen LogP contribution < -0.4 is 11.1 Å². The number of hydrogen-bond acceptors (Lipinski definition) is 3. The van der Waals surface area contributed by atoms with Crippen molar-refractivity contribution in [3.63, 3.8) is 0 Å². The summed E-state index contributed by atoms with van der Waals surface area (Å²) in [5, 5.41) is 3.56. The molecule has 0 aliphatic heterocycles. The van der Waals surface area contributed by atoms with Gasteiger partial charge in [-0.25, -0.2) is 8.78 Å². The van der Waals surface area contributed by atoms with Gasteiger partial charge in [-0.3, -0.25) is 9.78 Å². The highest BCUT2D eigenvalue weighted by atomic mass is 35.5. The number of halogens is 3. The summed E-state index contributed by atoms with van der Waals surface area (Å²) in [6.07, 6.45) is 5.39. The number of amides is 1. The zero-order chi connectivity index (χ0) is 22.1. The van der Waals surface area contributed by atoms with Gasteiger partial charge in [-0.1, -0.05) is 18.5 Å². The number of fused-ring (bicyclic) bond motifs is 1. The van der Waals surface area contributed by atoms with Crippen molar-refractivity contribution in [3.05, 3.63) is 64.8 Å². The lowest BCUT2D eigenvalue weighted by molar-refractivity contribution is -0.121. The number of carbonyl (C=O) groups excluding carboxylic acids is 1. The quantitative estimate of drug-likeness (QED) is 0.465. The molecule has 1 aliphatic carbocycles. The predicted octanol–water partition coefficient (Wildman–Crippen LogP) is 6.30. The lowest BCUT2D eigenvalue weighted by Gasteiger charge is -2.32. The Morgan fingerprint density at radius 2 is 1.90 bits per heavy atom. The molecule has 0 unspecified atom stereocenters. The van der Waals surface area contributed by atoms with Crippen LogP contribution in [0.15, 0.2) is 42.6 Å². The van der Waals surface area contributed by atoms with E-state index in [1.807, 2.05) is 13.0 Å². The first kappa shape index (κ1) is 21.5. The zero-order valence-electron chi connectivity index (χ0n) is 17.2. The number of hydrogen-bond donors (Lipinski definition) is 2. The maximum Gasteiger partial charge on any atom is 0.227 e. The second-order valence-corrected chi connectivity index (χ2v) is 8.71. The van der Waals surface area contributed by atoms with Crippen molar-refractivity contribution < 1.29 is 13.6 Å². The number of nitrogen functional groups attached to an aromatic ring is 1. The van der Waals surface area contributed by atoms with E-state index >= 15 is 0 Å². The summed E-state index contributed by atoms with van der Waals surface area (Å²) in [4.78, 5) is 17.1. The minimum Gasteiger partial charge on any atom is -0.397 e. The molecular weight excluding hydrogens is 420 g/mol. The first-order valence-electron chi connectivity index (χ1n) is 10.4. The van der Waals surface area contributed by atoms with Crippen LogP contribution in [0.2, 0.25) is 5.02 Å². The van der Waals surface area contributed by atoms with Crippen LogP contribution in [0.1, 0.15) is 44.1 Å². The third kappa shape index (κ3) is 4.49. The van der Waals surface area contributed by atoms with Gasteiger partial charge in [0.15, 0.2) is 0 Å². The Labute approximate surface area is 184 Å². The summed E-state index contributed by atoms with van der Waals surface area (Å²) < 4.78 is 27.3. The van der Waals surface area contributed by atoms with Crippen LogP contribution in [-0.4, -0.2) is 10.9 Å². The molecule has 0 radical (unpaired) electrons. The molecule has 4 nitrogen and oxygen atoms in total. The van der Waals surface area contributed by atoms with Crippen LogP contribution in [-0.2, 0) is 4.79 Å². The Balaban J connectivity index is 1.42. The van der Waals surface area contributed by atoms with Crippen molar-refractivity contribution in [2.45, 2.75) is 38.5 Å². The van der Waals surface area contributed by atoms with Gasteiger partial charge in [0, 0.05) is 23.6 Å². The molecule has 4 rings (SSSR count). The highest BCUT2D eigenvalue weighted by Gasteiger charge is 2.30. The molecule has 1 aromatic heterocycles. The average Bonchev–Trinajstić information content (AvgIpc) is 2.76. The highest BCUT2D eigenvalue weighted by Crippen LogP contribution is 2.41. The molecule has 3 N–H and O–H groups in total. The van der Waals surface area contributed by atoms with Gasteiger partial charge in [0.2, 0.25) is 5.91 Å². The van der Waals surface area contributed by atoms with Crippen molar-refractivity contribution in [2.75, 3.05) is 11.1 Å². The van der Waals surface area contributed by atoms with Gasteiger partial charge >= 0.3 is 0 Å². The molecule has 7 heteroatoms. The van der Waals surface area contributed by atoms with E-state index in [0.717, 1.165) is 48.2 Å². The van der Waals surface area contributed by atoms with E-state index in [9.17, 15) is 13.6 Å². The summed E-state index contributed by atoms with van der Waals surface area (Å²) in [5.74, 6) is -0.735. The number of carbonyl (C=O) groups is 1. The molecule has 1 heterocycles. The Bertz CT molecular complexity index is 1130. The van der Waals surface area contributed by atoms with Crippen molar-refractivity contribution in [2.24, 2.45) is 11.8 Å². The number of nitrogens with two attached hydrogens (primary N) is 1. The van der Waals surface area contributed by atoms with E-state index in [1.54, 1.807) is 18.3 Å². The maximum absolute atomic E-state index is 13.8. The molecule has 1 atom stereocenters. The molecule has 0 spiro atoms. The summed E-state index contributed by atoms with van der Waals surface area (Å²) in [5.41, 5.74) is 8.19. The fraction of sp³-hybridized carbons (Fsp3) is 0.333. The van der Waals surface area contributed by atoms with Gasteiger partial charge < -0.3 is 11.1 Å². The third-order valence-corrected chi connectivity index (χ3v) is 6.71. The van der Waals surface area contributed by atoms with E-state index in [4.69, 9.17) is 17.3 Å². The molecule has 0 saturated heterocycles. The fourth-order valence-electron chi connectivity index (χ4n) is 4.56. The van der Waals surface area contributed by atoms with Gasteiger partial charge in [0.25, 0.3) is 0 Å². The number of pyridine rings is 1. The van der Waals surface area contributed by atoms with Crippen LogP contribution in [0.25, 0.3) is 10.9 Å². The van der Waals surface area contributed by atoms with Gasteiger partial charge in [-0.05, 0) is 73.4 Å². The number of nitrogens with zero attached hydrogens (tertiary/aromatic N) is 1. The number of rotatable bonds is 4. The number of anilines is 2. The fourth-order valence-corrected chi connectivity index (χ4v) is 4.72. The van der Waals surface area contributed by atoms with Crippen LogP contribution in [0.4, 0.5) is 20.2 Å². The molecular formula is C24H24ClF2N3O. The third-order valence-electron chi connectivity index (χ3n) is 6.42. The van der Waals surface area contributed by atoms with Crippen molar-refractivity contribution >= 4 is 39.8 Å². The van der Waals surface area contributed by atoms with Crippen molar-refractivity contribution in [1.29, 1.82) is 0 Å². The molecule has 162 valence electrons. The van der Waals surface area contributed by atoms with Gasteiger partial charge in [-0.2, -0.15) is 0 Å². The van der Waals surface area contributed by atoms with Crippen LogP contribution in [0, 0.1) is 23.5 Å². The summed E-state index contributed by atoms with van der Waals surface area (Å²) >= 11 is 5.81. The van der Waals surface area contributed by atoms with E-state index in [-0.39, 0.29) is 34.3 Å². The molecule has 31 heavy (non-hydrogen) atoms. The van der Waals surface area contributed by atoms with Crippen LogP contribution in [0.3, 0.4) is 0 Å². The summed E-state index contributed by atoms with van der Waals surface area (Å²) in [6.45, 7) is 1.90. The molecule has 1 fully saturated rings. The summed E-state index contributed by atoms with van der Waals surface area (Å²) in [7, 11) is 0. The topological polar surface area (TPSA) is 68.0 Å². The zero-order valence-corrected chi connectivity index (χ0v) is 17.9. The monoisotopic (exact) mass is 443 g/mol. The van der Waals surface area contributed by atoms with E-state index in [0.29, 0.717) is 11.6 Å². The Kier molecular flexibility index (Phi) is 6.10. The molecule has 1 saturated carbocycles. The number of aromatic nitrogens is 1. The molecule has 0 bridgehead atoms. The van der Waals surface area contributed by atoms with Crippen LogP contribution >= 0.6 is 11.6 Å². The van der Waals surface area contributed by atoms with E-state index in [1.165, 1.54) is 12.1 Å². The van der Waals surface area contributed by atoms with Crippen LogP contribution in [0.5, 0.6) is 0 Å².